The Hall–Kier alpha value is -2.56. The number of likely N-dealkylation sites (N-methyl/N-ethyl adjacent to an activating group) is 1. The van der Waals surface area contributed by atoms with E-state index in [1.165, 1.54) is 0 Å². The van der Waals surface area contributed by atoms with E-state index in [-0.39, 0.29) is 11.8 Å². The zero-order valence-corrected chi connectivity index (χ0v) is 13.9. The van der Waals surface area contributed by atoms with E-state index < -0.39 is 0 Å². The van der Waals surface area contributed by atoms with E-state index in [4.69, 9.17) is 4.74 Å². The summed E-state index contributed by atoms with van der Waals surface area (Å²) in [6.07, 6.45) is 5.66. The molecule has 0 saturated carbocycles. The van der Waals surface area contributed by atoms with E-state index in [1.807, 2.05) is 57.7 Å². The summed E-state index contributed by atoms with van der Waals surface area (Å²) in [4.78, 5) is 14.2. The molecule has 1 aromatic carbocycles. The van der Waals surface area contributed by atoms with Gasteiger partial charge in [0.25, 0.3) is 0 Å². The first kappa shape index (κ1) is 15.3. The topological polar surface area (TPSA) is 47.4 Å². The molecule has 2 heterocycles. The summed E-state index contributed by atoms with van der Waals surface area (Å²) in [6.45, 7) is 4.51. The second-order valence-corrected chi connectivity index (χ2v) is 5.80. The molecule has 1 aliphatic heterocycles. The van der Waals surface area contributed by atoms with Crippen molar-refractivity contribution < 1.29 is 9.53 Å². The first-order valence-corrected chi connectivity index (χ1v) is 7.76. The van der Waals surface area contributed by atoms with Gasteiger partial charge < -0.3 is 9.64 Å². The summed E-state index contributed by atoms with van der Waals surface area (Å²) in [6, 6.07) is 5.94. The molecule has 5 nitrogen and oxygen atoms in total. The molecule has 23 heavy (non-hydrogen) atoms. The molecule has 0 N–H and O–H groups in total. The lowest BCUT2D eigenvalue weighted by Gasteiger charge is -2.16. The van der Waals surface area contributed by atoms with Gasteiger partial charge in [-0.25, -0.2) is 0 Å². The zero-order chi connectivity index (χ0) is 16.6. The monoisotopic (exact) mass is 311 g/mol. The maximum atomic E-state index is 12.5. The van der Waals surface area contributed by atoms with E-state index in [0.29, 0.717) is 6.61 Å². The zero-order valence-electron chi connectivity index (χ0n) is 13.9. The Morgan fingerprint density at radius 3 is 2.74 bits per heavy atom. The largest absolute Gasteiger partial charge is 0.494 e. The van der Waals surface area contributed by atoms with Gasteiger partial charge in [-0.2, -0.15) is 5.10 Å². The first-order valence-electron chi connectivity index (χ1n) is 7.76. The number of benzene rings is 1. The summed E-state index contributed by atoms with van der Waals surface area (Å²) in [5, 5.41) is 4.26. The minimum Gasteiger partial charge on any atom is -0.494 e. The highest BCUT2D eigenvalue weighted by Crippen LogP contribution is 2.36. The van der Waals surface area contributed by atoms with E-state index in [1.54, 1.807) is 16.6 Å². The molecule has 0 aliphatic carbocycles. The lowest BCUT2D eigenvalue weighted by Crippen LogP contribution is -2.24. The summed E-state index contributed by atoms with van der Waals surface area (Å²) < 4.78 is 7.41. The van der Waals surface area contributed by atoms with Crippen molar-refractivity contribution in [2.45, 2.75) is 19.8 Å². The summed E-state index contributed by atoms with van der Waals surface area (Å²) in [5.74, 6) is 0.690. The normalized spacial score (nSPS) is 17.6. The van der Waals surface area contributed by atoms with Crippen molar-refractivity contribution in [2.24, 2.45) is 7.05 Å². The van der Waals surface area contributed by atoms with Gasteiger partial charge in [0.05, 0.1) is 18.7 Å². The van der Waals surface area contributed by atoms with Crippen molar-refractivity contribution >= 4 is 11.5 Å². The average Bonchev–Trinajstić information content (AvgIpc) is 2.94. The molecule has 1 aromatic heterocycles. The first-order chi connectivity index (χ1) is 11.0. The van der Waals surface area contributed by atoms with Crippen LogP contribution in [0.25, 0.3) is 5.57 Å². The second-order valence-electron chi connectivity index (χ2n) is 5.80. The van der Waals surface area contributed by atoms with Crippen LogP contribution in [0.2, 0.25) is 0 Å². The molecule has 120 valence electrons. The number of fused-ring (bicyclic) bond motifs is 1. The van der Waals surface area contributed by atoms with E-state index >= 15 is 0 Å². The summed E-state index contributed by atoms with van der Waals surface area (Å²) >= 11 is 0. The van der Waals surface area contributed by atoms with Gasteiger partial charge in [0.2, 0.25) is 5.91 Å². The fourth-order valence-electron chi connectivity index (χ4n) is 2.96. The van der Waals surface area contributed by atoms with E-state index in [2.05, 4.69) is 5.10 Å². The van der Waals surface area contributed by atoms with Crippen molar-refractivity contribution in [3.63, 3.8) is 0 Å². The van der Waals surface area contributed by atoms with Gasteiger partial charge in [-0.15, -0.1) is 0 Å². The SMILES string of the molecule is CCOc1ccc2c(c1)C(c1cnn(C)c1)=CN(C)C(=O)[C@@H]2C. The minimum atomic E-state index is -0.198. The van der Waals surface area contributed by atoms with Crippen LogP contribution in [0.1, 0.15) is 36.5 Å². The Bertz CT molecular complexity index is 776. The highest BCUT2D eigenvalue weighted by Gasteiger charge is 2.27. The molecule has 0 radical (unpaired) electrons. The minimum absolute atomic E-state index is 0.0781. The molecule has 1 amide bonds. The van der Waals surface area contributed by atoms with Crippen molar-refractivity contribution in [2.75, 3.05) is 13.7 Å². The number of nitrogens with zero attached hydrogens (tertiary/aromatic N) is 3. The Kier molecular flexibility index (Phi) is 3.94. The lowest BCUT2D eigenvalue weighted by atomic mass is 9.90. The third-order valence-corrected chi connectivity index (χ3v) is 4.15. The number of hydrogen-bond donors (Lipinski definition) is 0. The number of carbonyl (C=O) groups excluding carboxylic acids is 1. The Labute approximate surface area is 136 Å². The molecule has 2 aromatic rings. The van der Waals surface area contributed by atoms with Crippen LogP contribution in [-0.2, 0) is 11.8 Å². The molecule has 0 spiro atoms. The number of aryl methyl sites for hydroxylation is 1. The molecule has 0 fully saturated rings. The maximum absolute atomic E-state index is 12.5. The van der Waals surface area contributed by atoms with Crippen LogP contribution < -0.4 is 4.74 Å². The number of aromatic nitrogens is 2. The molecular formula is C18H21N3O2. The molecule has 5 heteroatoms. The van der Waals surface area contributed by atoms with Gasteiger partial charge in [-0.3, -0.25) is 9.48 Å². The fourth-order valence-corrected chi connectivity index (χ4v) is 2.96. The lowest BCUT2D eigenvalue weighted by molar-refractivity contribution is -0.128. The predicted octanol–water partition coefficient (Wildman–Crippen LogP) is 2.78. The van der Waals surface area contributed by atoms with Crippen LogP contribution in [0.3, 0.4) is 0 Å². The van der Waals surface area contributed by atoms with Gasteiger partial charge in [0.15, 0.2) is 0 Å². The second kappa shape index (κ2) is 5.91. The van der Waals surface area contributed by atoms with Gasteiger partial charge >= 0.3 is 0 Å². The van der Waals surface area contributed by atoms with Crippen LogP contribution in [0, 0.1) is 0 Å². The van der Waals surface area contributed by atoms with Crippen LogP contribution >= 0.6 is 0 Å². The molecule has 0 unspecified atom stereocenters. The van der Waals surface area contributed by atoms with Crippen molar-refractivity contribution in [1.82, 2.24) is 14.7 Å². The highest BCUT2D eigenvalue weighted by atomic mass is 16.5. The van der Waals surface area contributed by atoms with Gasteiger partial charge in [-0.05, 0) is 37.1 Å². The number of amides is 1. The molecule has 1 aliphatic rings. The summed E-state index contributed by atoms with van der Waals surface area (Å²) in [5.41, 5.74) is 4.00. The smallest absolute Gasteiger partial charge is 0.233 e. The molecule has 0 bridgehead atoms. The van der Waals surface area contributed by atoms with Crippen LogP contribution in [0.5, 0.6) is 5.75 Å². The number of rotatable bonds is 3. The highest BCUT2D eigenvalue weighted by molar-refractivity contribution is 5.93. The standard InChI is InChI=1S/C18H21N3O2/c1-5-23-14-6-7-15-12(2)18(22)20(3)11-17(16(15)8-14)13-9-19-21(4)10-13/h6-12H,5H2,1-4H3/t12-/m1/s1. The Balaban J connectivity index is 2.21. The molecular weight excluding hydrogens is 290 g/mol. The molecule has 1 atom stereocenters. The van der Waals surface area contributed by atoms with Crippen LogP contribution in [0.4, 0.5) is 0 Å². The predicted molar refractivity (Wildman–Crippen MR) is 89.1 cm³/mol. The van der Waals surface area contributed by atoms with E-state index in [0.717, 1.165) is 28.0 Å². The Morgan fingerprint density at radius 2 is 2.09 bits per heavy atom. The van der Waals surface area contributed by atoms with Gasteiger partial charge in [-0.1, -0.05) is 6.07 Å². The number of hydrogen-bond acceptors (Lipinski definition) is 3. The third-order valence-electron chi connectivity index (χ3n) is 4.15. The molecule has 0 saturated heterocycles. The summed E-state index contributed by atoms with van der Waals surface area (Å²) in [7, 11) is 3.68. The fraction of sp³-hybridized carbons (Fsp3) is 0.333. The Morgan fingerprint density at radius 1 is 1.30 bits per heavy atom. The third kappa shape index (κ3) is 2.74. The van der Waals surface area contributed by atoms with Crippen molar-refractivity contribution in [1.29, 1.82) is 0 Å². The molecule has 3 rings (SSSR count). The van der Waals surface area contributed by atoms with Crippen LogP contribution in [0.15, 0.2) is 36.8 Å². The van der Waals surface area contributed by atoms with Gasteiger partial charge in [0.1, 0.15) is 5.75 Å². The van der Waals surface area contributed by atoms with E-state index in [9.17, 15) is 4.79 Å². The van der Waals surface area contributed by atoms with Crippen LogP contribution in [-0.4, -0.2) is 34.2 Å². The van der Waals surface area contributed by atoms with Crippen molar-refractivity contribution in [3.8, 4) is 5.75 Å². The average molecular weight is 311 g/mol. The van der Waals surface area contributed by atoms with Gasteiger partial charge in [0, 0.05) is 37.6 Å². The number of carbonyl (C=O) groups is 1. The quantitative estimate of drug-likeness (QED) is 0.875. The van der Waals surface area contributed by atoms with Crippen molar-refractivity contribution in [3.05, 3.63) is 53.5 Å². The number of ether oxygens (including phenoxy) is 1. The maximum Gasteiger partial charge on any atom is 0.233 e.